The molecule has 3 heterocycles. The van der Waals surface area contributed by atoms with Gasteiger partial charge in [-0.2, -0.15) is 4.80 Å². The van der Waals surface area contributed by atoms with Crippen molar-refractivity contribution < 1.29 is 23.0 Å². The molecule has 2 aliphatic heterocycles. The van der Waals surface area contributed by atoms with Gasteiger partial charge >= 0.3 is 0 Å². The summed E-state index contributed by atoms with van der Waals surface area (Å²) in [5.41, 5.74) is 1.37. The Morgan fingerprint density at radius 2 is 2.06 bits per heavy atom. The van der Waals surface area contributed by atoms with Gasteiger partial charge in [0.25, 0.3) is 5.91 Å². The molecule has 1 aromatic heterocycles. The number of hydrogen-bond donors (Lipinski definition) is 1. The van der Waals surface area contributed by atoms with Crippen LogP contribution in [0.25, 0.3) is 0 Å². The fourth-order valence-corrected chi connectivity index (χ4v) is 3.72. The molecule has 0 spiro atoms. The number of halogens is 2. The van der Waals surface area contributed by atoms with Gasteiger partial charge in [0, 0.05) is 24.2 Å². The molecule has 0 saturated heterocycles. The van der Waals surface area contributed by atoms with Crippen LogP contribution in [0.15, 0.2) is 30.3 Å². The predicted molar refractivity (Wildman–Crippen MR) is 105 cm³/mol. The van der Waals surface area contributed by atoms with Crippen molar-refractivity contribution in [3.05, 3.63) is 53.4 Å². The second-order valence-corrected chi connectivity index (χ2v) is 7.37. The third kappa shape index (κ3) is 3.74. The van der Waals surface area contributed by atoms with Gasteiger partial charge in [-0.1, -0.05) is 0 Å². The van der Waals surface area contributed by atoms with Crippen molar-refractivity contribution in [2.75, 3.05) is 23.4 Å². The van der Waals surface area contributed by atoms with E-state index >= 15 is 0 Å². The Bertz CT molecular complexity index is 1170. The molecule has 0 fully saturated rings. The van der Waals surface area contributed by atoms with Crippen LogP contribution in [0.5, 0.6) is 11.5 Å². The Morgan fingerprint density at radius 3 is 2.87 bits per heavy atom. The van der Waals surface area contributed by atoms with E-state index < -0.39 is 11.6 Å². The van der Waals surface area contributed by atoms with E-state index in [1.165, 1.54) is 23.0 Å². The summed E-state index contributed by atoms with van der Waals surface area (Å²) in [5, 5.41) is 14.8. The van der Waals surface area contributed by atoms with Crippen LogP contribution < -0.4 is 19.7 Å². The molecular weight excluding hydrogens is 410 g/mol. The van der Waals surface area contributed by atoms with E-state index in [9.17, 15) is 13.6 Å². The molecule has 3 aromatic rings. The quantitative estimate of drug-likeness (QED) is 0.680. The summed E-state index contributed by atoms with van der Waals surface area (Å²) in [7, 11) is 0. The molecule has 2 aromatic carbocycles. The van der Waals surface area contributed by atoms with Gasteiger partial charge in [0.2, 0.25) is 0 Å². The van der Waals surface area contributed by atoms with Gasteiger partial charge in [0.05, 0.1) is 24.0 Å². The Balaban J connectivity index is 1.50. The van der Waals surface area contributed by atoms with Gasteiger partial charge in [0.1, 0.15) is 29.7 Å². The largest absolute Gasteiger partial charge is 0.489 e. The fourth-order valence-electron chi connectivity index (χ4n) is 3.72. The molecule has 1 atom stereocenters. The molecule has 0 bridgehead atoms. The zero-order valence-corrected chi connectivity index (χ0v) is 16.5. The third-order valence-electron chi connectivity index (χ3n) is 5.15. The number of nitrogens with one attached hydrogen (secondary N) is 1. The van der Waals surface area contributed by atoms with Crippen molar-refractivity contribution in [3.63, 3.8) is 0 Å². The molecule has 1 unspecified atom stereocenters. The Hall–Kier alpha value is -3.76. The highest BCUT2D eigenvalue weighted by Crippen LogP contribution is 2.37. The summed E-state index contributed by atoms with van der Waals surface area (Å²) in [6, 6.07) is 6.76. The second kappa shape index (κ2) is 7.49. The van der Waals surface area contributed by atoms with Crippen LogP contribution in [-0.4, -0.2) is 45.4 Å². The number of nitrogens with zero attached hydrogens (tertiary/aromatic N) is 5. The van der Waals surface area contributed by atoms with E-state index in [-0.39, 0.29) is 37.5 Å². The molecule has 2 aliphatic rings. The van der Waals surface area contributed by atoms with Crippen LogP contribution in [0.2, 0.25) is 0 Å². The van der Waals surface area contributed by atoms with Gasteiger partial charge in [-0.25, -0.2) is 8.78 Å². The molecular formula is C20H18F2N6O3. The van der Waals surface area contributed by atoms with Gasteiger partial charge in [0.15, 0.2) is 12.4 Å². The number of carbonyl (C=O) groups is 1. The molecule has 1 N–H and O–H groups in total. The molecule has 0 aliphatic carbocycles. The van der Waals surface area contributed by atoms with E-state index in [1.54, 1.807) is 19.1 Å². The number of rotatable bonds is 4. The van der Waals surface area contributed by atoms with E-state index in [1.807, 2.05) is 4.90 Å². The van der Waals surface area contributed by atoms with E-state index in [0.29, 0.717) is 35.1 Å². The monoisotopic (exact) mass is 428 g/mol. The lowest BCUT2D eigenvalue weighted by atomic mass is 10.1. The molecule has 31 heavy (non-hydrogen) atoms. The summed E-state index contributed by atoms with van der Waals surface area (Å²) in [5.74, 6) is -0.0211. The summed E-state index contributed by atoms with van der Waals surface area (Å²) in [6.45, 7) is 2.29. The standard InChI is InChI=1S/C20H18F2N6O3/c1-11-24-26-28(25-11)8-14-9-30-19-5-13(21)2-3-17(19)27(14)7-12-4-16-18(6-15(12)22)31-10-20(29)23-16/h2-6,14H,7-10H2,1H3,(H,23,29). The first kappa shape index (κ1) is 19.2. The van der Waals surface area contributed by atoms with Crippen LogP contribution in [0.3, 0.4) is 0 Å². The maximum Gasteiger partial charge on any atom is 0.262 e. The van der Waals surface area contributed by atoms with Gasteiger partial charge in [-0.15, -0.1) is 10.2 Å². The van der Waals surface area contributed by atoms with E-state index in [4.69, 9.17) is 9.47 Å². The number of aryl methyl sites for hydroxylation is 1. The van der Waals surface area contributed by atoms with E-state index in [0.717, 1.165) is 0 Å². The Kier molecular flexibility index (Phi) is 4.64. The van der Waals surface area contributed by atoms with Crippen LogP contribution in [-0.2, 0) is 17.9 Å². The fraction of sp³-hybridized carbons (Fsp3) is 0.300. The Labute approximate surface area is 175 Å². The van der Waals surface area contributed by atoms with Crippen molar-refractivity contribution in [2.45, 2.75) is 26.1 Å². The summed E-state index contributed by atoms with van der Waals surface area (Å²) >= 11 is 0. The average Bonchev–Trinajstić information content (AvgIpc) is 3.15. The molecule has 5 rings (SSSR count). The minimum absolute atomic E-state index is 0.148. The highest BCUT2D eigenvalue weighted by atomic mass is 19.1. The molecule has 0 saturated carbocycles. The smallest absolute Gasteiger partial charge is 0.262 e. The third-order valence-corrected chi connectivity index (χ3v) is 5.15. The van der Waals surface area contributed by atoms with Crippen LogP contribution in [0, 0.1) is 18.6 Å². The summed E-state index contributed by atoms with van der Waals surface area (Å²) < 4.78 is 39.7. The molecule has 1 amide bonds. The zero-order valence-electron chi connectivity index (χ0n) is 16.5. The summed E-state index contributed by atoms with van der Waals surface area (Å²) in [6.07, 6.45) is 0. The normalized spacial score (nSPS) is 17.3. The SMILES string of the molecule is Cc1nnn(CC2COc3cc(F)ccc3N2Cc2cc3c(cc2F)OCC(=O)N3)n1. The topological polar surface area (TPSA) is 94.4 Å². The maximum absolute atomic E-state index is 14.9. The lowest BCUT2D eigenvalue weighted by Gasteiger charge is -2.38. The first-order chi connectivity index (χ1) is 15.0. The molecule has 11 heteroatoms. The number of tetrazole rings is 1. The van der Waals surface area contributed by atoms with Crippen LogP contribution >= 0.6 is 0 Å². The van der Waals surface area contributed by atoms with Gasteiger partial charge < -0.3 is 19.7 Å². The lowest BCUT2D eigenvalue weighted by molar-refractivity contribution is -0.118. The minimum Gasteiger partial charge on any atom is -0.489 e. The van der Waals surface area contributed by atoms with Crippen molar-refractivity contribution in [3.8, 4) is 11.5 Å². The number of benzene rings is 2. The first-order valence-electron chi connectivity index (χ1n) is 9.65. The van der Waals surface area contributed by atoms with Crippen LogP contribution in [0.1, 0.15) is 11.4 Å². The average molecular weight is 428 g/mol. The highest BCUT2D eigenvalue weighted by Gasteiger charge is 2.30. The molecule has 160 valence electrons. The maximum atomic E-state index is 14.9. The van der Waals surface area contributed by atoms with E-state index in [2.05, 4.69) is 20.7 Å². The predicted octanol–water partition coefficient (Wildman–Crippen LogP) is 2.06. The number of carbonyl (C=O) groups excluding carboxylic acids is 1. The van der Waals surface area contributed by atoms with Crippen molar-refractivity contribution in [1.29, 1.82) is 0 Å². The number of hydrogen-bond acceptors (Lipinski definition) is 7. The number of ether oxygens (including phenoxy) is 2. The first-order valence-corrected chi connectivity index (χ1v) is 9.65. The van der Waals surface area contributed by atoms with Crippen molar-refractivity contribution in [2.24, 2.45) is 0 Å². The number of aromatic nitrogens is 4. The molecule has 9 nitrogen and oxygen atoms in total. The van der Waals surface area contributed by atoms with Crippen LogP contribution in [0.4, 0.5) is 20.2 Å². The van der Waals surface area contributed by atoms with Gasteiger partial charge in [-0.3, -0.25) is 4.79 Å². The lowest BCUT2D eigenvalue weighted by Crippen LogP contribution is -2.45. The Morgan fingerprint density at radius 1 is 1.19 bits per heavy atom. The number of amides is 1. The zero-order chi connectivity index (χ0) is 21.5. The number of anilines is 2. The minimum atomic E-state index is -0.474. The van der Waals surface area contributed by atoms with Gasteiger partial charge in [-0.05, 0) is 30.3 Å². The number of fused-ring (bicyclic) bond motifs is 2. The highest BCUT2D eigenvalue weighted by molar-refractivity contribution is 5.95. The second-order valence-electron chi connectivity index (χ2n) is 7.37. The van der Waals surface area contributed by atoms with Crippen molar-refractivity contribution in [1.82, 2.24) is 20.2 Å². The van der Waals surface area contributed by atoms with Crippen molar-refractivity contribution >= 4 is 17.3 Å². The molecule has 0 radical (unpaired) electrons. The summed E-state index contributed by atoms with van der Waals surface area (Å²) in [4.78, 5) is 15.0.